The van der Waals surface area contributed by atoms with Gasteiger partial charge in [-0.05, 0) is 55.8 Å². The van der Waals surface area contributed by atoms with Gasteiger partial charge >= 0.3 is 5.97 Å². The van der Waals surface area contributed by atoms with E-state index in [1.807, 2.05) is 6.92 Å². The predicted molar refractivity (Wildman–Crippen MR) is 109 cm³/mol. The first kappa shape index (κ1) is 19.6. The average Bonchev–Trinajstić information content (AvgIpc) is 2.92. The van der Waals surface area contributed by atoms with E-state index >= 15 is 0 Å². The molecular formula is C21H19ClN2O4. The van der Waals surface area contributed by atoms with Crippen molar-refractivity contribution in [3.8, 4) is 11.5 Å². The Bertz CT molecular complexity index is 998. The zero-order valence-corrected chi connectivity index (χ0v) is 16.5. The summed E-state index contributed by atoms with van der Waals surface area (Å²) in [6.07, 6.45) is 1.73. The molecule has 2 aromatic rings. The van der Waals surface area contributed by atoms with E-state index in [-0.39, 0.29) is 5.91 Å². The van der Waals surface area contributed by atoms with Crippen molar-refractivity contribution in [2.24, 2.45) is 5.10 Å². The number of carbonyl (C=O) groups excluding carboxylic acids is 2. The van der Waals surface area contributed by atoms with Gasteiger partial charge in [-0.1, -0.05) is 23.7 Å². The molecule has 0 atom stereocenters. The second kappa shape index (κ2) is 8.27. The van der Waals surface area contributed by atoms with Crippen molar-refractivity contribution in [3.05, 3.63) is 58.6 Å². The number of hydrazone groups is 1. The van der Waals surface area contributed by atoms with Crippen molar-refractivity contribution in [3.63, 3.8) is 0 Å². The third-order valence-electron chi connectivity index (χ3n) is 3.95. The van der Waals surface area contributed by atoms with Crippen LogP contribution in [0.25, 0.3) is 6.08 Å². The summed E-state index contributed by atoms with van der Waals surface area (Å²) in [4.78, 5) is 24.1. The fraction of sp³-hybridized carbons (Fsp3) is 0.190. The van der Waals surface area contributed by atoms with E-state index in [0.29, 0.717) is 40.1 Å². The van der Waals surface area contributed by atoms with Crippen molar-refractivity contribution in [2.45, 2.75) is 20.8 Å². The zero-order valence-electron chi connectivity index (χ0n) is 15.7. The first-order chi connectivity index (χ1) is 13.4. The zero-order chi connectivity index (χ0) is 20.3. The van der Waals surface area contributed by atoms with Crippen LogP contribution in [0.1, 0.15) is 26.3 Å². The number of hydrogen-bond acceptors (Lipinski definition) is 5. The largest absolute Gasteiger partial charge is 0.490 e. The van der Waals surface area contributed by atoms with Crippen molar-refractivity contribution in [1.29, 1.82) is 0 Å². The van der Waals surface area contributed by atoms with Gasteiger partial charge in [0, 0.05) is 11.9 Å². The van der Waals surface area contributed by atoms with Gasteiger partial charge in [-0.2, -0.15) is 10.1 Å². The molecule has 28 heavy (non-hydrogen) atoms. The Morgan fingerprint density at radius 1 is 1.21 bits per heavy atom. The monoisotopic (exact) mass is 398 g/mol. The van der Waals surface area contributed by atoms with E-state index in [1.165, 1.54) is 11.9 Å². The van der Waals surface area contributed by atoms with Crippen LogP contribution in [0.2, 0.25) is 5.02 Å². The van der Waals surface area contributed by atoms with Crippen LogP contribution >= 0.6 is 11.6 Å². The highest BCUT2D eigenvalue weighted by molar-refractivity contribution is 6.33. The van der Waals surface area contributed by atoms with Crippen LogP contribution in [0.15, 0.2) is 53.1 Å². The molecule has 0 saturated heterocycles. The molecule has 7 heteroatoms. The SMILES string of the molecule is CCOc1cc(C=C2C(=O)N(c3cccc(Cl)c3)N=C2C)ccc1OC(C)=O. The number of halogens is 1. The third-order valence-corrected chi connectivity index (χ3v) is 4.18. The number of amides is 1. The molecule has 0 bridgehead atoms. The van der Waals surface area contributed by atoms with Gasteiger partial charge in [0.25, 0.3) is 5.91 Å². The smallest absolute Gasteiger partial charge is 0.308 e. The molecule has 0 saturated carbocycles. The lowest BCUT2D eigenvalue weighted by atomic mass is 10.1. The van der Waals surface area contributed by atoms with Crippen LogP contribution in [0.5, 0.6) is 11.5 Å². The molecule has 6 nitrogen and oxygen atoms in total. The van der Waals surface area contributed by atoms with Crippen LogP contribution in [-0.4, -0.2) is 24.2 Å². The summed E-state index contributed by atoms with van der Waals surface area (Å²) in [5.74, 6) is 0.0823. The van der Waals surface area contributed by atoms with Crippen LogP contribution < -0.4 is 14.5 Å². The fourth-order valence-electron chi connectivity index (χ4n) is 2.76. The molecule has 144 valence electrons. The standard InChI is InChI=1S/C21H19ClN2O4/c1-4-27-20-11-15(8-9-19(20)28-14(3)25)10-18-13(2)23-24(21(18)26)17-7-5-6-16(22)12-17/h5-12H,4H2,1-3H3. The summed E-state index contributed by atoms with van der Waals surface area (Å²) in [7, 11) is 0. The van der Waals surface area contributed by atoms with E-state index in [1.54, 1.807) is 55.5 Å². The topological polar surface area (TPSA) is 68.2 Å². The highest BCUT2D eigenvalue weighted by Gasteiger charge is 2.28. The van der Waals surface area contributed by atoms with Crippen LogP contribution in [-0.2, 0) is 9.59 Å². The summed E-state index contributed by atoms with van der Waals surface area (Å²) >= 11 is 6.02. The van der Waals surface area contributed by atoms with E-state index in [4.69, 9.17) is 21.1 Å². The Kier molecular flexibility index (Phi) is 5.80. The second-order valence-corrected chi connectivity index (χ2v) is 6.51. The number of anilines is 1. The van der Waals surface area contributed by atoms with E-state index in [2.05, 4.69) is 5.10 Å². The summed E-state index contributed by atoms with van der Waals surface area (Å²) in [5, 5.41) is 6.20. The number of carbonyl (C=O) groups is 2. The molecule has 1 amide bonds. The molecule has 0 unspecified atom stereocenters. The molecular weight excluding hydrogens is 380 g/mol. The van der Waals surface area contributed by atoms with Gasteiger partial charge in [-0.15, -0.1) is 0 Å². The Labute approximate surface area is 168 Å². The molecule has 1 aliphatic rings. The lowest BCUT2D eigenvalue weighted by Crippen LogP contribution is -2.21. The molecule has 0 N–H and O–H groups in total. The molecule has 3 rings (SSSR count). The first-order valence-corrected chi connectivity index (χ1v) is 9.09. The highest BCUT2D eigenvalue weighted by Crippen LogP contribution is 2.31. The molecule has 1 aliphatic heterocycles. The number of esters is 1. The van der Waals surface area contributed by atoms with Gasteiger partial charge in [0.1, 0.15) is 0 Å². The number of hydrogen-bond donors (Lipinski definition) is 0. The molecule has 0 aliphatic carbocycles. The minimum atomic E-state index is -0.432. The summed E-state index contributed by atoms with van der Waals surface area (Å²) in [6.45, 7) is 5.34. The fourth-order valence-corrected chi connectivity index (χ4v) is 2.94. The lowest BCUT2D eigenvalue weighted by Gasteiger charge is -2.12. The van der Waals surface area contributed by atoms with E-state index in [9.17, 15) is 9.59 Å². The third kappa shape index (κ3) is 4.23. The minimum absolute atomic E-state index is 0.248. The van der Waals surface area contributed by atoms with Crippen molar-refractivity contribution >= 4 is 41.0 Å². The van der Waals surface area contributed by atoms with Gasteiger partial charge in [0.2, 0.25) is 0 Å². The van der Waals surface area contributed by atoms with Gasteiger partial charge in [0.15, 0.2) is 11.5 Å². The van der Waals surface area contributed by atoms with Crippen LogP contribution in [0, 0.1) is 0 Å². The van der Waals surface area contributed by atoms with Gasteiger partial charge in [-0.25, -0.2) is 0 Å². The molecule has 0 radical (unpaired) electrons. The molecule has 1 heterocycles. The number of benzene rings is 2. The van der Waals surface area contributed by atoms with E-state index in [0.717, 1.165) is 5.56 Å². The normalized spacial score (nSPS) is 15.0. The van der Waals surface area contributed by atoms with E-state index < -0.39 is 5.97 Å². The van der Waals surface area contributed by atoms with Crippen molar-refractivity contribution < 1.29 is 19.1 Å². The summed E-state index contributed by atoms with van der Waals surface area (Å²) in [5.41, 5.74) is 2.38. The highest BCUT2D eigenvalue weighted by atomic mass is 35.5. The van der Waals surface area contributed by atoms with Crippen LogP contribution in [0.4, 0.5) is 5.69 Å². The minimum Gasteiger partial charge on any atom is -0.490 e. The van der Waals surface area contributed by atoms with Gasteiger partial charge in [0.05, 0.1) is 23.6 Å². The lowest BCUT2D eigenvalue weighted by molar-refractivity contribution is -0.132. The second-order valence-electron chi connectivity index (χ2n) is 6.07. The van der Waals surface area contributed by atoms with Gasteiger partial charge < -0.3 is 9.47 Å². The van der Waals surface area contributed by atoms with Crippen LogP contribution in [0.3, 0.4) is 0 Å². The Hall–Kier alpha value is -3.12. The maximum Gasteiger partial charge on any atom is 0.308 e. The Morgan fingerprint density at radius 2 is 2.00 bits per heavy atom. The molecule has 2 aromatic carbocycles. The summed E-state index contributed by atoms with van der Waals surface area (Å²) in [6, 6.07) is 12.1. The predicted octanol–water partition coefficient (Wildman–Crippen LogP) is 4.47. The van der Waals surface area contributed by atoms with Crippen molar-refractivity contribution in [1.82, 2.24) is 0 Å². The van der Waals surface area contributed by atoms with Gasteiger partial charge in [-0.3, -0.25) is 9.59 Å². The number of nitrogens with zero attached hydrogens (tertiary/aromatic N) is 2. The molecule has 0 fully saturated rings. The number of rotatable bonds is 5. The molecule has 0 spiro atoms. The Morgan fingerprint density at radius 3 is 2.68 bits per heavy atom. The quantitative estimate of drug-likeness (QED) is 0.423. The maximum atomic E-state index is 12.9. The number of ether oxygens (including phenoxy) is 2. The average molecular weight is 399 g/mol. The Balaban J connectivity index is 1.93. The van der Waals surface area contributed by atoms with Crippen molar-refractivity contribution in [2.75, 3.05) is 11.6 Å². The summed E-state index contributed by atoms with van der Waals surface area (Å²) < 4.78 is 10.7. The maximum absolute atomic E-state index is 12.9. The first-order valence-electron chi connectivity index (χ1n) is 8.71. The molecule has 0 aromatic heterocycles.